The smallest absolute Gasteiger partial charge is 0.158 e. The summed E-state index contributed by atoms with van der Waals surface area (Å²) in [6.45, 7) is 1.79. The standard InChI is InChI=1S/C3H8N2O/c1-2-3(4)5-6/h6H,2H2,1H3,(H2,4,5)/i/hD. The molecule has 3 N–H and O–H groups in total. The molecule has 0 spiro atoms. The molecule has 0 aliphatic heterocycles. The normalized spacial score (nSPS) is 13.5. The molecule has 3 nitrogen and oxygen atoms in total. The van der Waals surface area contributed by atoms with E-state index in [0.29, 0.717) is 6.42 Å². The second-order valence-electron chi connectivity index (χ2n) is 0.900. The highest BCUT2D eigenvalue weighted by Gasteiger charge is 1.78. The quantitative estimate of drug-likeness (QED) is 0.208. The Kier molecular flexibility index (Phi) is 1.44. The third-order valence-electron chi connectivity index (χ3n) is 0.456. The average molecular weight is 89.1 g/mol. The predicted molar refractivity (Wildman–Crippen MR) is 23.7 cm³/mol. The number of oxime groups is 1. The highest BCUT2D eigenvalue weighted by atomic mass is 16.4. The van der Waals surface area contributed by atoms with E-state index in [-0.39, 0.29) is 5.84 Å². The number of hydrogen-bond donors (Lipinski definition) is 2. The lowest BCUT2D eigenvalue weighted by Gasteiger charge is -1.82. The molecule has 0 heterocycles. The van der Waals surface area contributed by atoms with Gasteiger partial charge in [-0.2, -0.15) is 0 Å². The van der Waals surface area contributed by atoms with Crippen molar-refractivity contribution < 1.29 is 6.62 Å². The summed E-state index contributed by atoms with van der Waals surface area (Å²) in [5.74, 6) is 0.278. The molecule has 0 bridgehead atoms. The first-order valence-corrected chi connectivity index (χ1v) is 1.73. The van der Waals surface area contributed by atoms with Crippen LogP contribution in [0.4, 0.5) is 0 Å². The van der Waals surface area contributed by atoms with Gasteiger partial charge in [0.25, 0.3) is 0 Å². The zero-order valence-corrected chi connectivity index (χ0v) is 3.60. The summed E-state index contributed by atoms with van der Waals surface area (Å²) >= 11 is 0. The van der Waals surface area contributed by atoms with Gasteiger partial charge < -0.3 is 10.9 Å². The van der Waals surface area contributed by atoms with E-state index in [2.05, 4.69) is 5.16 Å². The molecular formula is C3H8N2O. The Bertz CT molecular complexity index is 67.3. The molecule has 0 saturated carbocycles. The van der Waals surface area contributed by atoms with Crippen molar-refractivity contribution in [1.29, 1.82) is 0 Å². The van der Waals surface area contributed by atoms with Gasteiger partial charge in [-0.05, 0) is 0 Å². The molecule has 36 valence electrons. The first-order valence-electron chi connectivity index (χ1n) is 2.23. The fraction of sp³-hybridized carbons (Fsp3) is 0.667. The van der Waals surface area contributed by atoms with Gasteiger partial charge in [0.2, 0.25) is 0 Å². The third-order valence-corrected chi connectivity index (χ3v) is 0.456. The van der Waals surface area contributed by atoms with Gasteiger partial charge in [-0.3, -0.25) is 0 Å². The topological polar surface area (TPSA) is 58.6 Å². The predicted octanol–water partition coefficient (Wildman–Crippen LogP) is 0.143. The molecule has 0 rings (SSSR count). The van der Waals surface area contributed by atoms with Crippen molar-refractivity contribution in [3.8, 4) is 0 Å². The van der Waals surface area contributed by atoms with Crippen LogP contribution in [-0.4, -0.2) is 11.0 Å². The van der Waals surface area contributed by atoms with Crippen LogP contribution in [0.25, 0.3) is 0 Å². The van der Waals surface area contributed by atoms with Gasteiger partial charge in [0.15, 0.2) is 1.41 Å². The van der Waals surface area contributed by atoms with Gasteiger partial charge in [0, 0.05) is 6.42 Å². The van der Waals surface area contributed by atoms with Crippen molar-refractivity contribution in [1.82, 2.24) is 0 Å². The Morgan fingerprint density at radius 2 is 3.00 bits per heavy atom. The number of nitrogens with zero attached hydrogens (tertiary/aromatic N) is 1. The Morgan fingerprint density at radius 1 is 2.33 bits per heavy atom. The second-order valence-corrected chi connectivity index (χ2v) is 0.900. The Morgan fingerprint density at radius 3 is 3.00 bits per heavy atom. The van der Waals surface area contributed by atoms with Crippen LogP contribution in [0.5, 0.6) is 0 Å². The van der Waals surface area contributed by atoms with E-state index < -0.39 is 0 Å². The van der Waals surface area contributed by atoms with Gasteiger partial charge in [-0.1, -0.05) is 12.1 Å². The number of rotatable bonds is 1. The van der Waals surface area contributed by atoms with E-state index in [1.165, 1.54) is 0 Å². The fourth-order valence-electron chi connectivity index (χ4n) is 0.0707. The van der Waals surface area contributed by atoms with E-state index in [4.69, 9.17) is 6.62 Å². The highest BCUT2D eigenvalue weighted by Crippen LogP contribution is 1.70. The molecule has 3 heteroatoms. The molecule has 0 radical (unpaired) electrons. The summed E-state index contributed by atoms with van der Waals surface area (Å²) in [4.78, 5) is 0. The van der Waals surface area contributed by atoms with E-state index in [0.717, 1.165) is 0 Å². The lowest BCUT2D eigenvalue weighted by Crippen LogP contribution is -2.08. The summed E-state index contributed by atoms with van der Waals surface area (Å²) in [5, 5.41) is 10.7. The highest BCUT2D eigenvalue weighted by molar-refractivity contribution is 5.79. The molecule has 0 amide bonds. The van der Waals surface area contributed by atoms with Crippen molar-refractivity contribution in [2.24, 2.45) is 10.9 Å². The lowest BCUT2D eigenvalue weighted by atomic mass is 10.5. The molecule has 0 aromatic heterocycles. The van der Waals surface area contributed by atoms with Crippen molar-refractivity contribution in [2.75, 3.05) is 0 Å². The van der Waals surface area contributed by atoms with Crippen LogP contribution in [0.3, 0.4) is 0 Å². The molecule has 0 fully saturated rings. The van der Waals surface area contributed by atoms with E-state index in [1.54, 1.807) is 6.92 Å². The Balaban J connectivity index is 3.38. The lowest BCUT2D eigenvalue weighted by molar-refractivity contribution is 0.317. The van der Waals surface area contributed by atoms with Crippen LogP contribution in [0.15, 0.2) is 5.16 Å². The van der Waals surface area contributed by atoms with Crippen LogP contribution in [-0.2, 0) is 0 Å². The summed E-state index contributed by atoms with van der Waals surface area (Å²) in [7, 11) is 0. The first-order chi connectivity index (χ1) is 3.35. The van der Waals surface area contributed by atoms with Gasteiger partial charge in [0.1, 0.15) is 5.84 Å². The van der Waals surface area contributed by atoms with E-state index >= 15 is 0 Å². The van der Waals surface area contributed by atoms with Crippen molar-refractivity contribution in [3.05, 3.63) is 0 Å². The average Bonchev–Trinajstić information content (AvgIpc) is 1.72. The minimum absolute atomic E-state index is 0.278. The Labute approximate surface area is 37.9 Å². The minimum Gasteiger partial charge on any atom is -0.409 e. The molecule has 0 saturated heterocycles. The molecule has 0 unspecified atom stereocenters. The van der Waals surface area contributed by atoms with Crippen LogP contribution < -0.4 is 5.73 Å². The van der Waals surface area contributed by atoms with Gasteiger partial charge >= 0.3 is 0 Å². The number of amidine groups is 1. The maximum atomic E-state index is 7.93. The molecule has 0 aliphatic carbocycles. The zero-order valence-electron chi connectivity index (χ0n) is 4.60. The fourth-order valence-corrected chi connectivity index (χ4v) is 0.0707. The molecule has 0 atom stereocenters. The van der Waals surface area contributed by atoms with E-state index in [1.807, 2.05) is 5.73 Å². The molecule has 0 aromatic carbocycles. The molecule has 0 aliphatic rings. The van der Waals surface area contributed by atoms with Crippen LogP contribution in [0.1, 0.15) is 13.3 Å². The van der Waals surface area contributed by atoms with Gasteiger partial charge in [0.05, 0.1) is 0 Å². The first kappa shape index (κ1) is 3.46. The number of hydrogen-bond acceptors (Lipinski definition) is 2. The van der Waals surface area contributed by atoms with Gasteiger partial charge in [-0.25, -0.2) is 0 Å². The minimum atomic E-state index is 0.278. The maximum absolute atomic E-state index is 7.93. The monoisotopic (exact) mass is 89.1 g/mol. The van der Waals surface area contributed by atoms with Crippen LogP contribution in [0.2, 0.25) is 1.41 Å². The number of nitrogens with two attached hydrogens (primary N) is 1. The second kappa shape index (κ2) is 2.50. The largest absolute Gasteiger partial charge is 0.409 e. The van der Waals surface area contributed by atoms with Crippen molar-refractivity contribution in [3.63, 3.8) is 0 Å². The van der Waals surface area contributed by atoms with Crippen molar-refractivity contribution >= 4 is 5.84 Å². The summed E-state index contributed by atoms with van der Waals surface area (Å²) in [5.41, 5.74) is 1.95. The molecule has 6 heavy (non-hydrogen) atoms. The van der Waals surface area contributed by atoms with E-state index in [9.17, 15) is 0 Å². The molecule has 0 aromatic rings. The van der Waals surface area contributed by atoms with Crippen molar-refractivity contribution in [2.45, 2.75) is 13.3 Å². The van der Waals surface area contributed by atoms with Gasteiger partial charge in [-0.15, -0.1) is 0 Å². The summed E-state index contributed by atoms with van der Waals surface area (Å²) in [6.07, 6.45) is 0.556. The zero-order chi connectivity index (χ0) is 5.70. The Hall–Kier alpha value is -0.730. The van der Waals surface area contributed by atoms with Crippen LogP contribution in [0, 0.1) is 0 Å². The summed E-state index contributed by atoms with van der Waals surface area (Å²) < 4.78 is 6.42. The maximum Gasteiger partial charge on any atom is 0.158 e. The van der Waals surface area contributed by atoms with Crippen LogP contribution >= 0.6 is 0 Å². The third kappa shape index (κ3) is 1.58. The summed E-state index contributed by atoms with van der Waals surface area (Å²) in [6, 6.07) is 0. The SMILES string of the molecule is [2H]N/C(CC)=N\O. The molecular weight excluding hydrogens is 80.0 g/mol.